The first-order valence-electron chi connectivity index (χ1n) is 6.50. The van der Waals surface area contributed by atoms with Crippen LogP contribution in [0.3, 0.4) is 0 Å². The Kier molecular flexibility index (Phi) is 6.43. The second-order valence-electron chi connectivity index (χ2n) is 4.08. The predicted octanol–water partition coefficient (Wildman–Crippen LogP) is 1.08. The van der Waals surface area contributed by atoms with Gasteiger partial charge in [0.25, 0.3) is 0 Å². The summed E-state index contributed by atoms with van der Waals surface area (Å²) in [5.41, 5.74) is 0.893. The Morgan fingerprint density at radius 1 is 1.16 bits per heavy atom. The SMILES string of the molecule is CCNC(=O)CN(CC)C(=O)CNc1ccccc1. The van der Waals surface area contributed by atoms with E-state index in [1.165, 1.54) is 4.90 Å². The molecule has 0 aliphatic heterocycles. The Morgan fingerprint density at radius 3 is 2.42 bits per heavy atom. The van der Waals surface area contributed by atoms with Gasteiger partial charge in [-0.3, -0.25) is 9.59 Å². The van der Waals surface area contributed by atoms with Gasteiger partial charge in [-0.2, -0.15) is 0 Å². The molecular weight excluding hydrogens is 242 g/mol. The van der Waals surface area contributed by atoms with Crippen LogP contribution in [0.25, 0.3) is 0 Å². The van der Waals surface area contributed by atoms with E-state index in [1.807, 2.05) is 44.2 Å². The first kappa shape index (κ1) is 15.0. The number of likely N-dealkylation sites (N-methyl/N-ethyl adjacent to an activating group) is 2. The van der Waals surface area contributed by atoms with Crippen LogP contribution in [0.5, 0.6) is 0 Å². The summed E-state index contributed by atoms with van der Waals surface area (Å²) in [5.74, 6) is -0.213. The first-order chi connectivity index (χ1) is 9.17. The largest absolute Gasteiger partial charge is 0.376 e. The van der Waals surface area contributed by atoms with Gasteiger partial charge < -0.3 is 15.5 Å². The smallest absolute Gasteiger partial charge is 0.242 e. The lowest BCUT2D eigenvalue weighted by Gasteiger charge is -2.20. The van der Waals surface area contributed by atoms with Crippen LogP contribution in [0.2, 0.25) is 0 Å². The molecule has 0 aromatic heterocycles. The van der Waals surface area contributed by atoms with Gasteiger partial charge in [-0.05, 0) is 26.0 Å². The van der Waals surface area contributed by atoms with Crippen LogP contribution < -0.4 is 10.6 Å². The van der Waals surface area contributed by atoms with Gasteiger partial charge >= 0.3 is 0 Å². The maximum absolute atomic E-state index is 12.0. The van der Waals surface area contributed by atoms with Crippen molar-refractivity contribution in [2.45, 2.75) is 13.8 Å². The Morgan fingerprint density at radius 2 is 1.84 bits per heavy atom. The van der Waals surface area contributed by atoms with E-state index in [0.29, 0.717) is 13.1 Å². The van der Waals surface area contributed by atoms with Gasteiger partial charge in [0.2, 0.25) is 11.8 Å². The summed E-state index contributed by atoms with van der Waals surface area (Å²) in [6.07, 6.45) is 0. The molecule has 0 heterocycles. The number of carbonyl (C=O) groups excluding carboxylic acids is 2. The fraction of sp³-hybridized carbons (Fsp3) is 0.429. The third-order valence-corrected chi connectivity index (χ3v) is 2.66. The number of para-hydroxylation sites is 1. The average molecular weight is 263 g/mol. The molecule has 0 saturated heterocycles. The zero-order valence-electron chi connectivity index (χ0n) is 11.5. The number of amides is 2. The van der Waals surface area contributed by atoms with Crippen molar-refractivity contribution in [2.24, 2.45) is 0 Å². The summed E-state index contributed by atoms with van der Waals surface area (Å²) in [5, 5.41) is 5.73. The molecule has 19 heavy (non-hydrogen) atoms. The van der Waals surface area contributed by atoms with Crippen molar-refractivity contribution >= 4 is 17.5 Å². The van der Waals surface area contributed by atoms with Gasteiger partial charge in [0.15, 0.2) is 0 Å². The van der Waals surface area contributed by atoms with Crippen molar-refractivity contribution < 1.29 is 9.59 Å². The van der Waals surface area contributed by atoms with Crippen LogP contribution in [0.1, 0.15) is 13.8 Å². The summed E-state index contributed by atoms with van der Waals surface area (Å²) < 4.78 is 0. The molecule has 1 aromatic carbocycles. The monoisotopic (exact) mass is 263 g/mol. The lowest BCUT2D eigenvalue weighted by molar-refractivity contribution is -0.134. The molecule has 5 heteroatoms. The van der Waals surface area contributed by atoms with Gasteiger partial charge in [-0.15, -0.1) is 0 Å². The van der Waals surface area contributed by atoms with E-state index in [0.717, 1.165) is 5.69 Å². The van der Waals surface area contributed by atoms with E-state index < -0.39 is 0 Å². The van der Waals surface area contributed by atoms with Gasteiger partial charge in [0, 0.05) is 18.8 Å². The lowest BCUT2D eigenvalue weighted by Crippen LogP contribution is -2.42. The van der Waals surface area contributed by atoms with E-state index >= 15 is 0 Å². The second-order valence-corrected chi connectivity index (χ2v) is 4.08. The summed E-state index contributed by atoms with van der Waals surface area (Å²) in [6, 6.07) is 9.51. The number of rotatable bonds is 7. The Labute approximate surface area is 114 Å². The van der Waals surface area contributed by atoms with Gasteiger partial charge in [-0.25, -0.2) is 0 Å². The van der Waals surface area contributed by atoms with E-state index in [4.69, 9.17) is 0 Å². The van der Waals surface area contributed by atoms with Crippen molar-refractivity contribution in [3.8, 4) is 0 Å². The predicted molar refractivity (Wildman–Crippen MR) is 75.9 cm³/mol. The molecule has 0 bridgehead atoms. The average Bonchev–Trinajstić information content (AvgIpc) is 2.43. The number of benzene rings is 1. The van der Waals surface area contributed by atoms with Gasteiger partial charge in [-0.1, -0.05) is 18.2 Å². The molecule has 5 nitrogen and oxygen atoms in total. The maximum atomic E-state index is 12.0. The maximum Gasteiger partial charge on any atom is 0.242 e. The van der Waals surface area contributed by atoms with Crippen LogP contribution >= 0.6 is 0 Å². The fourth-order valence-corrected chi connectivity index (χ4v) is 1.65. The highest BCUT2D eigenvalue weighted by molar-refractivity contribution is 5.86. The topological polar surface area (TPSA) is 61.4 Å². The molecule has 1 rings (SSSR count). The molecule has 104 valence electrons. The zero-order chi connectivity index (χ0) is 14.1. The zero-order valence-corrected chi connectivity index (χ0v) is 11.5. The lowest BCUT2D eigenvalue weighted by atomic mass is 10.3. The molecule has 0 fully saturated rings. The number of carbonyl (C=O) groups is 2. The standard InChI is InChI=1S/C14H21N3O2/c1-3-15-13(18)11-17(4-2)14(19)10-16-12-8-6-5-7-9-12/h5-9,16H,3-4,10-11H2,1-2H3,(H,15,18). The van der Waals surface area contributed by atoms with E-state index in [9.17, 15) is 9.59 Å². The first-order valence-corrected chi connectivity index (χ1v) is 6.50. The summed E-state index contributed by atoms with van der Waals surface area (Å²) >= 11 is 0. The number of nitrogens with zero attached hydrogens (tertiary/aromatic N) is 1. The molecule has 2 N–H and O–H groups in total. The highest BCUT2D eigenvalue weighted by Gasteiger charge is 2.14. The molecule has 0 aliphatic rings. The molecule has 0 saturated carbocycles. The normalized spacial score (nSPS) is 9.79. The minimum Gasteiger partial charge on any atom is -0.376 e. The number of hydrogen-bond acceptors (Lipinski definition) is 3. The molecular formula is C14H21N3O2. The van der Waals surface area contributed by atoms with Crippen molar-refractivity contribution in [3.63, 3.8) is 0 Å². The Balaban J connectivity index is 2.43. The van der Waals surface area contributed by atoms with Crippen LogP contribution in [0, 0.1) is 0 Å². The van der Waals surface area contributed by atoms with Crippen LogP contribution in [0.15, 0.2) is 30.3 Å². The summed E-state index contributed by atoms with van der Waals surface area (Å²) in [4.78, 5) is 25.0. The number of hydrogen-bond donors (Lipinski definition) is 2. The van der Waals surface area contributed by atoms with Crippen molar-refractivity contribution in [1.82, 2.24) is 10.2 Å². The minimum atomic E-state index is -0.127. The van der Waals surface area contributed by atoms with Gasteiger partial charge in [0.1, 0.15) is 0 Å². The highest BCUT2D eigenvalue weighted by atomic mass is 16.2. The van der Waals surface area contributed by atoms with E-state index in [1.54, 1.807) is 0 Å². The van der Waals surface area contributed by atoms with Crippen molar-refractivity contribution in [1.29, 1.82) is 0 Å². The van der Waals surface area contributed by atoms with Crippen molar-refractivity contribution in [3.05, 3.63) is 30.3 Å². The van der Waals surface area contributed by atoms with E-state index in [2.05, 4.69) is 10.6 Å². The fourth-order valence-electron chi connectivity index (χ4n) is 1.65. The molecule has 2 amide bonds. The van der Waals surface area contributed by atoms with Crippen LogP contribution in [0.4, 0.5) is 5.69 Å². The third kappa shape index (κ3) is 5.42. The number of nitrogens with one attached hydrogen (secondary N) is 2. The molecule has 0 atom stereocenters. The summed E-state index contributed by atoms with van der Waals surface area (Å²) in [6.45, 7) is 5.11. The molecule has 0 radical (unpaired) electrons. The Bertz CT molecular complexity index is 406. The van der Waals surface area contributed by atoms with Crippen LogP contribution in [-0.4, -0.2) is 42.9 Å². The van der Waals surface area contributed by atoms with Gasteiger partial charge in [0.05, 0.1) is 13.1 Å². The Hall–Kier alpha value is -2.04. The quantitative estimate of drug-likeness (QED) is 0.774. The summed E-state index contributed by atoms with van der Waals surface area (Å²) in [7, 11) is 0. The molecule has 1 aromatic rings. The molecule has 0 aliphatic carbocycles. The third-order valence-electron chi connectivity index (χ3n) is 2.66. The molecule has 0 unspecified atom stereocenters. The second kappa shape index (κ2) is 8.13. The van der Waals surface area contributed by atoms with E-state index in [-0.39, 0.29) is 24.9 Å². The minimum absolute atomic E-state index is 0.0855. The highest BCUT2D eigenvalue weighted by Crippen LogP contribution is 2.04. The molecule has 0 spiro atoms. The van der Waals surface area contributed by atoms with Crippen LogP contribution in [-0.2, 0) is 9.59 Å². The number of anilines is 1. The van der Waals surface area contributed by atoms with Crippen molar-refractivity contribution in [2.75, 3.05) is 31.5 Å².